The summed E-state index contributed by atoms with van der Waals surface area (Å²) in [6.45, 7) is 2.58. The molecule has 28 heavy (non-hydrogen) atoms. The Morgan fingerprint density at radius 3 is 2.89 bits per heavy atom. The Bertz CT molecular complexity index is 849. The Morgan fingerprint density at radius 2 is 2.11 bits per heavy atom. The number of benzene rings is 1. The van der Waals surface area contributed by atoms with Gasteiger partial charge in [0, 0.05) is 45.1 Å². The second kappa shape index (κ2) is 8.14. The molecule has 1 aromatic heterocycles. The summed E-state index contributed by atoms with van der Waals surface area (Å²) in [5.74, 6) is 1.52. The van der Waals surface area contributed by atoms with Gasteiger partial charge < -0.3 is 19.0 Å². The summed E-state index contributed by atoms with van der Waals surface area (Å²) in [4.78, 5) is 33.4. The van der Waals surface area contributed by atoms with E-state index in [2.05, 4.69) is 4.98 Å². The van der Waals surface area contributed by atoms with E-state index in [1.807, 2.05) is 35.2 Å². The van der Waals surface area contributed by atoms with Crippen LogP contribution in [0.2, 0.25) is 0 Å². The lowest BCUT2D eigenvalue weighted by Gasteiger charge is -2.35. The smallest absolute Gasteiger partial charge is 0.227 e. The van der Waals surface area contributed by atoms with Gasteiger partial charge in [0.1, 0.15) is 11.5 Å². The number of hydrogen-bond donors (Lipinski definition) is 0. The van der Waals surface area contributed by atoms with Crippen LogP contribution in [0.15, 0.2) is 34.7 Å². The molecule has 0 aliphatic carbocycles. The highest BCUT2D eigenvalue weighted by molar-refractivity contribution is 5.84. The molecule has 2 aliphatic rings. The summed E-state index contributed by atoms with van der Waals surface area (Å²) >= 11 is 0. The van der Waals surface area contributed by atoms with Crippen molar-refractivity contribution in [2.24, 2.45) is 5.92 Å². The SMILES string of the molecule is COCCN1CC(C(=O)N2CCc3oc(-c4ccccc4)nc3C2)CCC1=O. The van der Waals surface area contributed by atoms with Crippen LogP contribution < -0.4 is 0 Å². The third-order valence-corrected chi connectivity index (χ3v) is 5.47. The summed E-state index contributed by atoms with van der Waals surface area (Å²) in [7, 11) is 1.62. The van der Waals surface area contributed by atoms with Gasteiger partial charge in [-0.3, -0.25) is 9.59 Å². The molecule has 1 unspecified atom stereocenters. The molecule has 0 N–H and O–H groups in total. The van der Waals surface area contributed by atoms with E-state index >= 15 is 0 Å². The van der Waals surface area contributed by atoms with E-state index in [1.54, 1.807) is 12.0 Å². The highest BCUT2D eigenvalue weighted by atomic mass is 16.5. The molecule has 0 saturated carbocycles. The number of likely N-dealkylation sites (tertiary alicyclic amines) is 1. The summed E-state index contributed by atoms with van der Waals surface area (Å²) in [6.07, 6.45) is 1.69. The molecule has 3 heterocycles. The molecule has 7 heteroatoms. The number of hydrogen-bond acceptors (Lipinski definition) is 5. The van der Waals surface area contributed by atoms with Crippen molar-refractivity contribution in [1.29, 1.82) is 0 Å². The van der Waals surface area contributed by atoms with Crippen LogP contribution in [0.5, 0.6) is 0 Å². The first-order chi connectivity index (χ1) is 13.7. The van der Waals surface area contributed by atoms with Crippen molar-refractivity contribution >= 4 is 11.8 Å². The zero-order valence-electron chi connectivity index (χ0n) is 16.1. The number of nitrogens with zero attached hydrogens (tertiary/aromatic N) is 3. The molecule has 2 amide bonds. The van der Waals surface area contributed by atoms with Crippen molar-refractivity contribution in [3.05, 3.63) is 41.8 Å². The van der Waals surface area contributed by atoms with Crippen molar-refractivity contribution in [3.63, 3.8) is 0 Å². The molecule has 1 atom stereocenters. The molecule has 0 radical (unpaired) electrons. The van der Waals surface area contributed by atoms with Gasteiger partial charge in [0.2, 0.25) is 17.7 Å². The van der Waals surface area contributed by atoms with E-state index in [9.17, 15) is 9.59 Å². The minimum absolute atomic E-state index is 0.102. The van der Waals surface area contributed by atoms with Gasteiger partial charge in [-0.05, 0) is 18.6 Å². The maximum Gasteiger partial charge on any atom is 0.227 e. The summed E-state index contributed by atoms with van der Waals surface area (Å²) in [6, 6.07) is 9.79. The Kier molecular flexibility index (Phi) is 5.43. The van der Waals surface area contributed by atoms with Gasteiger partial charge in [0.25, 0.3) is 0 Å². The molecule has 7 nitrogen and oxygen atoms in total. The molecular weight excluding hydrogens is 358 g/mol. The van der Waals surface area contributed by atoms with E-state index in [-0.39, 0.29) is 17.7 Å². The van der Waals surface area contributed by atoms with E-state index in [1.165, 1.54) is 0 Å². The van der Waals surface area contributed by atoms with Crippen molar-refractivity contribution < 1.29 is 18.7 Å². The van der Waals surface area contributed by atoms with Gasteiger partial charge in [0.05, 0.1) is 19.1 Å². The highest BCUT2D eigenvalue weighted by Crippen LogP contribution is 2.28. The van der Waals surface area contributed by atoms with Gasteiger partial charge in [-0.2, -0.15) is 0 Å². The number of ether oxygens (including phenoxy) is 1. The van der Waals surface area contributed by atoms with E-state index in [4.69, 9.17) is 9.15 Å². The Hall–Kier alpha value is -2.67. The fraction of sp³-hybridized carbons (Fsp3) is 0.476. The summed E-state index contributed by atoms with van der Waals surface area (Å²) < 4.78 is 11.0. The fourth-order valence-corrected chi connectivity index (χ4v) is 3.88. The third-order valence-electron chi connectivity index (χ3n) is 5.47. The van der Waals surface area contributed by atoms with Crippen molar-refractivity contribution in [1.82, 2.24) is 14.8 Å². The monoisotopic (exact) mass is 383 g/mol. The molecule has 148 valence electrons. The number of piperidine rings is 1. The van der Waals surface area contributed by atoms with Crippen molar-refractivity contribution in [2.45, 2.75) is 25.8 Å². The number of aromatic nitrogens is 1. The van der Waals surface area contributed by atoms with Gasteiger partial charge in [0.15, 0.2) is 0 Å². The number of carbonyl (C=O) groups excluding carboxylic acids is 2. The molecule has 4 rings (SSSR count). The lowest BCUT2D eigenvalue weighted by Crippen LogP contribution is -2.48. The number of amides is 2. The number of carbonyl (C=O) groups is 2. The first-order valence-electron chi connectivity index (χ1n) is 9.75. The predicted octanol–water partition coefficient (Wildman–Crippen LogP) is 2.11. The Morgan fingerprint density at radius 1 is 1.29 bits per heavy atom. The van der Waals surface area contributed by atoms with Crippen molar-refractivity contribution in [2.75, 3.05) is 33.4 Å². The standard InChI is InChI=1S/C21H25N3O4/c1-27-12-11-23-13-16(7-8-19(23)25)21(26)24-10-9-18-17(14-24)22-20(28-18)15-5-3-2-4-6-15/h2-6,16H,7-14H2,1H3. The topological polar surface area (TPSA) is 75.9 Å². The Balaban J connectivity index is 1.43. The zero-order chi connectivity index (χ0) is 19.5. The first-order valence-corrected chi connectivity index (χ1v) is 9.75. The number of rotatable bonds is 5. The fourth-order valence-electron chi connectivity index (χ4n) is 3.88. The van der Waals surface area contributed by atoms with E-state index in [0.717, 1.165) is 17.0 Å². The quantitative estimate of drug-likeness (QED) is 0.790. The molecule has 1 fully saturated rings. The molecule has 1 saturated heterocycles. The second-order valence-corrected chi connectivity index (χ2v) is 7.33. The van der Waals surface area contributed by atoms with Crippen LogP contribution in [0.1, 0.15) is 24.3 Å². The van der Waals surface area contributed by atoms with Crippen LogP contribution in [-0.2, 0) is 27.3 Å². The zero-order valence-corrected chi connectivity index (χ0v) is 16.1. The second-order valence-electron chi connectivity index (χ2n) is 7.33. The lowest BCUT2D eigenvalue weighted by atomic mass is 9.95. The third kappa shape index (κ3) is 3.80. The van der Waals surface area contributed by atoms with Crippen LogP contribution in [-0.4, -0.2) is 59.9 Å². The van der Waals surface area contributed by atoms with Crippen LogP contribution in [0, 0.1) is 5.92 Å². The van der Waals surface area contributed by atoms with Gasteiger partial charge >= 0.3 is 0 Å². The van der Waals surface area contributed by atoms with Crippen molar-refractivity contribution in [3.8, 4) is 11.5 Å². The largest absolute Gasteiger partial charge is 0.441 e. The number of fused-ring (bicyclic) bond motifs is 1. The maximum absolute atomic E-state index is 13.1. The lowest BCUT2D eigenvalue weighted by molar-refractivity contribution is -0.144. The van der Waals surface area contributed by atoms with E-state index < -0.39 is 0 Å². The van der Waals surface area contributed by atoms with Crippen LogP contribution in [0.25, 0.3) is 11.5 Å². The minimum atomic E-state index is -0.156. The summed E-state index contributed by atoms with van der Waals surface area (Å²) in [5.41, 5.74) is 1.77. The maximum atomic E-state index is 13.1. The predicted molar refractivity (Wildman–Crippen MR) is 102 cm³/mol. The normalized spacial score (nSPS) is 19.6. The molecular formula is C21H25N3O4. The van der Waals surface area contributed by atoms with E-state index in [0.29, 0.717) is 57.9 Å². The molecule has 1 aromatic carbocycles. The molecule has 0 spiro atoms. The van der Waals surface area contributed by atoms with Gasteiger partial charge in [-0.25, -0.2) is 4.98 Å². The average molecular weight is 383 g/mol. The molecule has 2 aliphatic heterocycles. The first kappa shape index (κ1) is 18.7. The van der Waals surface area contributed by atoms with Crippen LogP contribution in [0.3, 0.4) is 0 Å². The van der Waals surface area contributed by atoms with Crippen LogP contribution in [0.4, 0.5) is 0 Å². The number of oxazole rings is 1. The summed E-state index contributed by atoms with van der Waals surface area (Å²) in [5, 5.41) is 0. The van der Waals surface area contributed by atoms with Crippen LogP contribution >= 0.6 is 0 Å². The number of methoxy groups -OCH3 is 1. The average Bonchev–Trinajstić information content (AvgIpc) is 3.17. The highest BCUT2D eigenvalue weighted by Gasteiger charge is 2.34. The Labute approximate surface area is 164 Å². The minimum Gasteiger partial charge on any atom is -0.441 e. The molecule has 0 bridgehead atoms. The van der Waals surface area contributed by atoms with Gasteiger partial charge in [-0.1, -0.05) is 18.2 Å². The molecule has 2 aromatic rings. The van der Waals surface area contributed by atoms with Gasteiger partial charge in [-0.15, -0.1) is 0 Å².